The third kappa shape index (κ3) is 3.75. The molecule has 98 valence electrons. The van der Waals surface area contributed by atoms with Gasteiger partial charge in [0.2, 0.25) is 0 Å². The number of benzene rings is 2. The summed E-state index contributed by atoms with van der Waals surface area (Å²) in [4.78, 5) is 0.116. The Hall–Kier alpha value is -1.46. The van der Waals surface area contributed by atoms with Crippen LogP contribution in [0.3, 0.4) is 0 Å². The zero-order valence-corrected chi connectivity index (χ0v) is 12.3. The second-order valence-electron chi connectivity index (χ2n) is 3.92. The van der Waals surface area contributed by atoms with E-state index < -0.39 is 5.82 Å². The molecular weight excluding hydrogens is 329 g/mol. The highest BCUT2D eigenvalue weighted by atomic mass is 79.9. The lowest BCUT2D eigenvalue weighted by Gasteiger charge is -2.11. The highest BCUT2D eigenvalue weighted by Gasteiger charge is 2.08. The lowest BCUT2D eigenvalue weighted by molar-refractivity contribution is 0.305. The van der Waals surface area contributed by atoms with Crippen LogP contribution >= 0.6 is 28.1 Å². The summed E-state index contributed by atoms with van der Waals surface area (Å²) >= 11 is 8.25. The van der Waals surface area contributed by atoms with Crippen molar-refractivity contribution >= 4 is 33.1 Å². The quantitative estimate of drug-likeness (QED) is 0.860. The number of hydrogen-bond acceptors (Lipinski definition) is 2. The van der Waals surface area contributed by atoms with E-state index in [0.29, 0.717) is 17.9 Å². The molecule has 0 spiro atoms. The number of thiocarbonyl (C=S) groups is 1. The molecule has 0 amide bonds. The van der Waals surface area contributed by atoms with Gasteiger partial charge >= 0.3 is 0 Å². The van der Waals surface area contributed by atoms with E-state index in [1.807, 2.05) is 24.3 Å². The Labute approximate surface area is 124 Å². The predicted octanol–water partition coefficient (Wildman–Crippen LogP) is 3.80. The fourth-order valence-corrected chi connectivity index (χ4v) is 1.99. The molecule has 0 aromatic heterocycles. The van der Waals surface area contributed by atoms with Gasteiger partial charge in [-0.1, -0.05) is 40.3 Å². The second kappa shape index (κ2) is 6.12. The van der Waals surface area contributed by atoms with Crippen LogP contribution < -0.4 is 10.5 Å². The number of rotatable bonds is 4. The maximum absolute atomic E-state index is 13.1. The van der Waals surface area contributed by atoms with Gasteiger partial charge in [-0.15, -0.1) is 0 Å². The van der Waals surface area contributed by atoms with E-state index in [-0.39, 0.29) is 4.99 Å². The van der Waals surface area contributed by atoms with Crippen LogP contribution in [0.2, 0.25) is 0 Å². The normalized spacial score (nSPS) is 10.2. The van der Waals surface area contributed by atoms with Gasteiger partial charge in [0.1, 0.15) is 23.2 Å². The first-order valence-electron chi connectivity index (χ1n) is 5.53. The molecule has 2 nitrogen and oxygen atoms in total. The Morgan fingerprint density at radius 2 is 1.89 bits per heavy atom. The summed E-state index contributed by atoms with van der Waals surface area (Å²) in [6, 6.07) is 11.9. The average molecular weight is 340 g/mol. The molecule has 5 heteroatoms. The first-order valence-corrected chi connectivity index (χ1v) is 6.73. The molecule has 0 heterocycles. The summed E-state index contributed by atoms with van der Waals surface area (Å²) in [5, 5.41) is 0. The van der Waals surface area contributed by atoms with Crippen LogP contribution in [0.5, 0.6) is 5.75 Å². The lowest BCUT2D eigenvalue weighted by atomic mass is 10.2. The Balaban J connectivity index is 2.15. The van der Waals surface area contributed by atoms with Crippen molar-refractivity contribution in [2.75, 3.05) is 0 Å². The minimum Gasteiger partial charge on any atom is -0.488 e. The van der Waals surface area contributed by atoms with Gasteiger partial charge < -0.3 is 10.5 Å². The molecule has 0 bridgehead atoms. The molecule has 0 aliphatic carbocycles. The number of hydrogen-bond donors (Lipinski definition) is 1. The van der Waals surface area contributed by atoms with E-state index in [9.17, 15) is 4.39 Å². The number of halogens is 2. The molecular formula is C14H11BrFNOS. The third-order valence-corrected chi connectivity index (χ3v) is 3.26. The number of ether oxygens (including phenoxy) is 1. The van der Waals surface area contributed by atoms with E-state index in [1.165, 1.54) is 18.2 Å². The van der Waals surface area contributed by atoms with Crippen molar-refractivity contribution in [3.8, 4) is 5.75 Å². The van der Waals surface area contributed by atoms with Gasteiger partial charge in [0.05, 0.1) is 5.56 Å². The van der Waals surface area contributed by atoms with Crippen LogP contribution in [0.1, 0.15) is 11.1 Å². The van der Waals surface area contributed by atoms with Crippen LogP contribution in [-0.4, -0.2) is 4.99 Å². The molecule has 2 aromatic rings. The molecule has 2 aromatic carbocycles. The Morgan fingerprint density at radius 1 is 1.21 bits per heavy atom. The molecule has 0 aliphatic rings. The zero-order valence-electron chi connectivity index (χ0n) is 9.90. The summed E-state index contributed by atoms with van der Waals surface area (Å²) in [5.41, 5.74) is 6.96. The lowest BCUT2D eigenvalue weighted by Crippen LogP contribution is -2.12. The standard InChI is InChI=1S/C14H11BrFNOS/c15-10-3-1-9(2-4-10)8-18-13-6-5-11(16)7-12(13)14(17)19/h1-7H,8H2,(H2,17,19). The zero-order chi connectivity index (χ0) is 13.8. The van der Waals surface area contributed by atoms with E-state index >= 15 is 0 Å². The topological polar surface area (TPSA) is 35.2 Å². The van der Waals surface area contributed by atoms with Crippen LogP contribution in [0.25, 0.3) is 0 Å². The molecule has 0 unspecified atom stereocenters. The largest absolute Gasteiger partial charge is 0.488 e. The van der Waals surface area contributed by atoms with E-state index in [1.54, 1.807) is 0 Å². The molecule has 0 aliphatic heterocycles. The van der Waals surface area contributed by atoms with Crippen LogP contribution in [-0.2, 0) is 6.61 Å². The number of nitrogens with two attached hydrogens (primary N) is 1. The van der Waals surface area contributed by atoms with E-state index in [2.05, 4.69) is 15.9 Å². The van der Waals surface area contributed by atoms with Gasteiger partial charge in [-0.05, 0) is 35.9 Å². The van der Waals surface area contributed by atoms with Crippen LogP contribution in [0.4, 0.5) is 4.39 Å². The SMILES string of the molecule is NC(=S)c1cc(F)ccc1OCc1ccc(Br)cc1. The highest BCUT2D eigenvalue weighted by Crippen LogP contribution is 2.21. The van der Waals surface area contributed by atoms with Crippen LogP contribution in [0, 0.1) is 5.82 Å². The molecule has 0 saturated heterocycles. The van der Waals surface area contributed by atoms with Crippen molar-refractivity contribution in [2.45, 2.75) is 6.61 Å². The van der Waals surface area contributed by atoms with Gasteiger partial charge in [0.25, 0.3) is 0 Å². The van der Waals surface area contributed by atoms with Crippen molar-refractivity contribution in [2.24, 2.45) is 5.73 Å². The Kier molecular flexibility index (Phi) is 4.50. The molecule has 0 radical (unpaired) electrons. The van der Waals surface area contributed by atoms with Gasteiger partial charge in [0.15, 0.2) is 0 Å². The molecule has 2 N–H and O–H groups in total. The second-order valence-corrected chi connectivity index (χ2v) is 5.28. The Bertz CT molecular complexity index is 601. The summed E-state index contributed by atoms with van der Waals surface area (Å²) in [7, 11) is 0. The monoisotopic (exact) mass is 339 g/mol. The summed E-state index contributed by atoms with van der Waals surface area (Å²) in [5.74, 6) is 0.0932. The van der Waals surface area contributed by atoms with Crippen molar-refractivity contribution in [3.63, 3.8) is 0 Å². The summed E-state index contributed by atoms with van der Waals surface area (Å²) in [6.45, 7) is 0.370. The molecule has 19 heavy (non-hydrogen) atoms. The van der Waals surface area contributed by atoms with Gasteiger partial charge in [0, 0.05) is 4.47 Å². The van der Waals surface area contributed by atoms with Crippen LogP contribution in [0.15, 0.2) is 46.9 Å². The third-order valence-electron chi connectivity index (χ3n) is 2.51. The fourth-order valence-electron chi connectivity index (χ4n) is 1.56. The minimum absolute atomic E-state index is 0.116. The molecule has 0 fully saturated rings. The first kappa shape index (κ1) is 14.0. The highest BCUT2D eigenvalue weighted by molar-refractivity contribution is 9.10. The molecule has 0 atom stereocenters. The van der Waals surface area contributed by atoms with Gasteiger partial charge in [-0.2, -0.15) is 0 Å². The Morgan fingerprint density at radius 3 is 2.53 bits per heavy atom. The maximum Gasteiger partial charge on any atom is 0.130 e. The predicted molar refractivity (Wildman–Crippen MR) is 80.8 cm³/mol. The van der Waals surface area contributed by atoms with Crippen molar-refractivity contribution < 1.29 is 9.13 Å². The summed E-state index contributed by atoms with van der Waals surface area (Å²) < 4.78 is 19.8. The maximum atomic E-state index is 13.1. The van der Waals surface area contributed by atoms with Gasteiger partial charge in [-0.25, -0.2) is 4.39 Å². The van der Waals surface area contributed by atoms with Crippen molar-refractivity contribution in [1.29, 1.82) is 0 Å². The van der Waals surface area contributed by atoms with Gasteiger partial charge in [-0.3, -0.25) is 0 Å². The molecule has 0 saturated carbocycles. The van der Waals surface area contributed by atoms with Crippen molar-refractivity contribution in [3.05, 3.63) is 63.9 Å². The van der Waals surface area contributed by atoms with E-state index in [4.69, 9.17) is 22.7 Å². The minimum atomic E-state index is -0.390. The smallest absolute Gasteiger partial charge is 0.130 e. The molecule has 2 rings (SSSR count). The van der Waals surface area contributed by atoms with Crippen molar-refractivity contribution in [1.82, 2.24) is 0 Å². The fraction of sp³-hybridized carbons (Fsp3) is 0.0714. The average Bonchev–Trinajstić information content (AvgIpc) is 2.39. The van der Waals surface area contributed by atoms with E-state index in [0.717, 1.165) is 10.0 Å². The summed E-state index contributed by atoms with van der Waals surface area (Å²) in [6.07, 6.45) is 0. The first-order chi connectivity index (χ1) is 9.06.